The molecule has 1 saturated heterocycles. The molecule has 1 aliphatic carbocycles. The van der Waals surface area contributed by atoms with E-state index in [1.807, 2.05) is 144 Å². The Labute approximate surface area is 355 Å². The van der Waals surface area contributed by atoms with Gasteiger partial charge in [0.1, 0.15) is 0 Å². The zero-order valence-corrected chi connectivity index (χ0v) is 38.6. The van der Waals surface area contributed by atoms with Crippen molar-refractivity contribution < 1.29 is 4.74 Å². The summed E-state index contributed by atoms with van der Waals surface area (Å²) < 4.78 is 14.8. The SMILES string of the molecule is CN(C)c1nccn1C.CN=C1SC2C=CC=CC2N1C.COc1nccn1C.CSc1cccn1C.CSc1nc2ccccc2n1C.CSc1nccn1C. The maximum absolute atomic E-state index is 4.84. The van der Waals surface area contributed by atoms with E-state index in [4.69, 9.17) is 4.74 Å². The Morgan fingerprint density at radius 1 is 0.719 bits per heavy atom. The van der Waals surface area contributed by atoms with Crippen LogP contribution in [0.25, 0.3) is 11.0 Å². The van der Waals surface area contributed by atoms with E-state index < -0.39 is 0 Å². The number of ether oxygens (including phenoxy) is 1. The number of likely N-dealkylation sites (N-methyl/N-ethyl adjacent to an activating group) is 1. The molecule has 1 aromatic carbocycles. The third-order valence-corrected chi connectivity index (χ3v) is 12.1. The van der Waals surface area contributed by atoms with E-state index in [1.165, 1.54) is 10.5 Å². The molecule has 1 fully saturated rings. The predicted octanol–water partition coefficient (Wildman–Crippen LogP) is 7.61. The van der Waals surface area contributed by atoms with Crippen LogP contribution in [-0.4, -0.2) is 118 Å². The lowest BCUT2D eigenvalue weighted by Crippen LogP contribution is -2.32. The average Bonchev–Trinajstić information content (AvgIpc) is 4.10. The number of methoxy groups -OCH3 is 1. The number of hydrogen-bond acceptors (Lipinski definition) is 11. The highest BCUT2D eigenvalue weighted by molar-refractivity contribution is 8.14. The highest BCUT2D eigenvalue weighted by Gasteiger charge is 2.33. The van der Waals surface area contributed by atoms with Crippen LogP contribution < -0.4 is 9.64 Å². The molecule has 57 heavy (non-hydrogen) atoms. The van der Waals surface area contributed by atoms with E-state index in [2.05, 4.69) is 88.7 Å². The van der Waals surface area contributed by atoms with Gasteiger partial charge in [-0.1, -0.05) is 71.7 Å². The molecule has 8 rings (SSSR count). The number of aliphatic imine (C=N–C) groups is 1. The van der Waals surface area contributed by atoms with Gasteiger partial charge in [0.05, 0.1) is 34.5 Å². The van der Waals surface area contributed by atoms with Crippen LogP contribution in [0.5, 0.6) is 6.01 Å². The predicted molar refractivity (Wildman–Crippen MR) is 247 cm³/mol. The first kappa shape index (κ1) is 46.9. The molecule has 2 aliphatic rings. The van der Waals surface area contributed by atoms with Crippen molar-refractivity contribution in [1.82, 2.24) is 47.7 Å². The number of aromatic nitrogens is 9. The molecule has 0 bridgehead atoms. The molecule has 5 aromatic heterocycles. The fourth-order valence-corrected chi connectivity index (χ4v) is 8.29. The van der Waals surface area contributed by atoms with Crippen LogP contribution in [0.3, 0.4) is 0 Å². The molecule has 13 nitrogen and oxygen atoms in total. The van der Waals surface area contributed by atoms with Crippen molar-refractivity contribution in [1.29, 1.82) is 0 Å². The van der Waals surface area contributed by atoms with Crippen molar-refractivity contribution in [2.75, 3.05) is 59.0 Å². The highest BCUT2D eigenvalue weighted by Crippen LogP contribution is 2.33. The Morgan fingerprint density at radius 3 is 1.79 bits per heavy atom. The maximum atomic E-state index is 4.84. The van der Waals surface area contributed by atoms with Crippen molar-refractivity contribution in [3.63, 3.8) is 0 Å². The summed E-state index contributed by atoms with van der Waals surface area (Å²) in [5.41, 5.74) is 2.27. The number of imidazole rings is 4. The number of thioether (sulfide) groups is 4. The molecule has 0 spiro atoms. The van der Waals surface area contributed by atoms with Gasteiger partial charge < -0.3 is 37.4 Å². The third-order valence-electron chi connectivity index (χ3n) is 8.39. The number of benzene rings is 1. The minimum absolute atomic E-state index is 0.513. The molecule has 308 valence electrons. The van der Waals surface area contributed by atoms with E-state index in [0.717, 1.165) is 26.9 Å². The van der Waals surface area contributed by atoms with Crippen LogP contribution in [0.1, 0.15) is 0 Å². The zero-order chi connectivity index (χ0) is 41.9. The summed E-state index contributed by atoms with van der Waals surface area (Å²) >= 11 is 6.93. The van der Waals surface area contributed by atoms with Gasteiger partial charge in [0.25, 0.3) is 6.01 Å². The Morgan fingerprint density at radius 2 is 1.37 bits per heavy atom. The van der Waals surface area contributed by atoms with Crippen LogP contribution >= 0.6 is 47.0 Å². The molecule has 0 N–H and O–H groups in total. The summed E-state index contributed by atoms with van der Waals surface area (Å²) in [6.07, 6.45) is 27.8. The number of amidine groups is 1. The highest BCUT2D eigenvalue weighted by atomic mass is 32.2. The number of fused-ring (bicyclic) bond motifs is 2. The zero-order valence-electron chi connectivity index (χ0n) is 35.4. The lowest BCUT2D eigenvalue weighted by Gasteiger charge is -2.21. The van der Waals surface area contributed by atoms with Crippen molar-refractivity contribution >= 4 is 69.2 Å². The molecule has 2 unspecified atom stereocenters. The molecule has 6 heterocycles. The fraction of sp³-hybridized carbons (Fsp3) is 0.375. The van der Waals surface area contributed by atoms with Crippen molar-refractivity contribution in [2.24, 2.45) is 40.2 Å². The van der Waals surface area contributed by atoms with Gasteiger partial charge in [-0.25, -0.2) is 19.9 Å². The van der Waals surface area contributed by atoms with Crippen LogP contribution in [0, 0.1) is 0 Å². The fourth-order valence-electron chi connectivity index (χ4n) is 5.43. The van der Waals surface area contributed by atoms with Gasteiger partial charge in [-0.15, -0.1) is 11.8 Å². The standard InChI is InChI=1S/C9H10N2S.C9H12N2S.C6H11N3.C6H9NS.C5H8N2O.C5H8N2S/c1-11-8-6-4-3-5-7(8)10-9(11)12-2;1-10-9-11(2)7-5-3-4-6-8(7)12-9;1-8(2)6-7-4-5-9(6)3;1-7-5-3-4-6(7)8-2;2*1-7-4-3-6-5(7)8-2/h3-6H,1-2H3;3-8H,1-2H3;4-5H,1-3H3;3-5H,1-2H3;2*3-4H,1-2H3. The van der Waals surface area contributed by atoms with E-state index >= 15 is 0 Å². The molecule has 2 atom stereocenters. The first-order valence-electron chi connectivity index (χ1n) is 17.9. The number of para-hydroxylation sites is 2. The van der Waals surface area contributed by atoms with Gasteiger partial charge >= 0.3 is 0 Å². The van der Waals surface area contributed by atoms with Crippen molar-refractivity contribution in [3.05, 3.63) is 104 Å². The molecule has 6 aromatic rings. The first-order valence-corrected chi connectivity index (χ1v) is 22.4. The van der Waals surface area contributed by atoms with Gasteiger partial charge in [-0.2, -0.15) is 0 Å². The monoisotopic (exact) mass is 850 g/mol. The lowest BCUT2D eigenvalue weighted by atomic mass is 10.1. The van der Waals surface area contributed by atoms with Crippen molar-refractivity contribution in [2.45, 2.75) is 26.6 Å². The second-order valence-electron chi connectivity index (χ2n) is 12.5. The largest absolute Gasteiger partial charge is 0.468 e. The molecule has 0 radical (unpaired) electrons. The number of hydrogen-bond donors (Lipinski definition) is 0. The summed E-state index contributed by atoms with van der Waals surface area (Å²) in [7, 11) is 19.4. The van der Waals surface area contributed by atoms with Gasteiger partial charge in [0.15, 0.2) is 15.5 Å². The van der Waals surface area contributed by atoms with E-state index in [0.29, 0.717) is 17.3 Å². The molecule has 1 aliphatic heterocycles. The van der Waals surface area contributed by atoms with Crippen LogP contribution in [0.4, 0.5) is 5.95 Å². The molecular formula is C40H58N12OS4. The Kier molecular flexibility index (Phi) is 20.0. The maximum Gasteiger partial charge on any atom is 0.295 e. The average molecular weight is 851 g/mol. The Balaban J connectivity index is 0.000000185. The van der Waals surface area contributed by atoms with E-state index in [-0.39, 0.29) is 0 Å². The van der Waals surface area contributed by atoms with Gasteiger partial charge in [-0.05, 0) is 43.0 Å². The number of aryl methyl sites for hydroxylation is 5. The summed E-state index contributed by atoms with van der Waals surface area (Å²) in [5.74, 6) is 0.981. The summed E-state index contributed by atoms with van der Waals surface area (Å²) in [5, 5.41) is 5.14. The Bertz CT molecular complexity index is 2040. The van der Waals surface area contributed by atoms with Gasteiger partial charge in [0, 0.05) is 107 Å². The minimum Gasteiger partial charge on any atom is -0.468 e. The van der Waals surface area contributed by atoms with Gasteiger partial charge in [-0.3, -0.25) is 4.99 Å². The van der Waals surface area contributed by atoms with Crippen LogP contribution in [0.2, 0.25) is 0 Å². The quantitative estimate of drug-likeness (QED) is 0.160. The summed E-state index contributed by atoms with van der Waals surface area (Å²) in [6, 6.07) is 13.5. The number of rotatable bonds is 5. The van der Waals surface area contributed by atoms with Crippen molar-refractivity contribution in [3.8, 4) is 6.01 Å². The van der Waals surface area contributed by atoms with E-state index in [9.17, 15) is 0 Å². The third kappa shape index (κ3) is 13.9. The minimum atomic E-state index is 0.513. The molecular weight excluding hydrogens is 793 g/mol. The van der Waals surface area contributed by atoms with Crippen LogP contribution in [-0.2, 0) is 35.2 Å². The summed E-state index contributed by atoms with van der Waals surface area (Å²) in [6.45, 7) is 0. The first-order chi connectivity index (χ1) is 27.4. The number of nitrogens with zero attached hydrogens (tertiary/aromatic N) is 12. The lowest BCUT2D eigenvalue weighted by molar-refractivity contribution is 0.366. The smallest absolute Gasteiger partial charge is 0.295 e. The second-order valence-corrected chi connectivity index (χ2v) is 16.1. The van der Waals surface area contributed by atoms with Crippen LogP contribution in [0.15, 0.2) is 124 Å². The topological polar surface area (TPSA) is 104 Å². The molecule has 0 amide bonds. The molecule has 17 heteroatoms. The van der Waals surface area contributed by atoms with Gasteiger partial charge in [0.2, 0.25) is 5.95 Å². The van der Waals surface area contributed by atoms with E-state index in [1.54, 1.807) is 65.6 Å². The number of allylic oxidation sites excluding steroid dienone is 2. The normalized spacial score (nSPS) is 15.5. The number of anilines is 1. The molecule has 0 saturated carbocycles. The second kappa shape index (κ2) is 24.4. The Hall–Kier alpha value is -4.45. The summed E-state index contributed by atoms with van der Waals surface area (Å²) in [4.78, 5) is 24.9.